The normalized spacial score (nSPS) is 13.4. The van der Waals surface area contributed by atoms with Gasteiger partial charge in [-0.2, -0.15) is 0 Å². The van der Waals surface area contributed by atoms with Gasteiger partial charge in [-0.1, -0.05) is 11.6 Å². The number of benzene rings is 1. The number of aromatic nitrogens is 1. The predicted molar refractivity (Wildman–Crippen MR) is 86.6 cm³/mol. The third-order valence-electron chi connectivity index (χ3n) is 3.56. The number of rotatable bonds is 4. The topological polar surface area (TPSA) is 79.4 Å². The lowest BCUT2D eigenvalue weighted by molar-refractivity contribution is -0.116. The number of carbonyl (C=O) groups excluding carboxylic acids is 3. The zero-order chi connectivity index (χ0) is 16.6. The standard InChI is InChI=1S/C16H15N3O3S/c1-9-3-4-11-12(7-9)15(22)19(14(11)21)6-5-13(20)18-16-17-8-10(2)23-16/h3-4,7-8H,5-6H2,1-2H3,(H,17,18,20). The first-order valence-corrected chi connectivity index (χ1v) is 7.96. The van der Waals surface area contributed by atoms with Crippen molar-refractivity contribution in [2.24, 2.45) is 0 Å². The summed E-state index contributed by atoms with van der Waals surface area (Å²) in [5.41, 5.74) is 1.73. The molecule has 2 aromatic rings. The van der Waals surface area contributed by atoms with Crippen molar-refractivity contribution in [3.05, 3.63) is 46.0 Å². The fourth-order valence-corrected chi connectivity index (χ4v) is 3.10. The van der Waals surface area contributed by atoms with Gasteiger partial charge in [-0.05, 0) is 26.0 Å². The van der Waals surface area contributed by atoms with E-state index in [9.17, 15) is 14.4 Å². The van der Waals surface area contributed by atoms with Crippen LogP contribution in [0, 0.1) is 13.8 Å². The maximum Gasteiger partial charge on any atom is 0.261 e. The summed E-state index contributed by atoms with van der Waals surface area (Å²) in [6, 6.07) is 5.16. The van der Waals surface area contributed by atoms with E-state index in [0.717, 1.165) is 15.3 Å². The molecule has 0 unspecified atom stereocenters. The number of hydrogen-bond donors (Lipinski definition) is 1. The molecule has 1 aromatic heterocycles. The molecule has 2 heterocycles. The van der Waals surface area contributed by atoms with Gasteiger partial charge in [0.25, 0.3) is 11.8 Å². The lowest BCUT2D eigenvalue weighted by Gasteiger charge is -2.12. The van der Waals surface area contributed by atoms with Crippen molar-refractivity contribution >= 4 is 34.2 Å². The molecule has 3 rings (SSSR count). The van der Waals surface area contributed by atoms with Gasteiger partial charge in [0.2, 0.25) is 5.91 Å². The SMILES string of the molecule is Cc1ccc2c(c1)C(=O)N(CCC(=O)Nc1ncc(C)s1)C2=O. The van der Waals surface area contributed by atoms with Crippen molar-refractivity contribution in [3.63, 3.8) is 0 Å². The highest BCUT2D eigenvalue weighted by atomic mass is 32.1. The van der Waals surface area contributed by atoms with Crippen LogP contribution in [0.2, 0.25) is 0 Å². The first kappa shape index (κ1) is 15.4. The molecule has 118 valence electrons. The van der Waals surface area contributed by atoms with E-state index >= 15 is 0 Å². The van der Waals surface area contributed by atoms with Gasteiger partial charge in [0.15, 0.2) is 5.13 Å². The van der Waals surface area contributed by atoms with Crippen LogP contribution in [0.5, 0.6) is 0 Å². The summed E-state index contributed by atoms with van der Waals surface area (Å²) >= 11 is 1.38. The van der Waals surface area contributed by atoms with E-state index in [0.29, 0.717) is 16.3 Å². The molecule has 6 nitrogen and oxygen atoms in total. The van der Waals surface area contributed by atoms with Crippen LogP contribution in [-0.4, -0.2) is 34.2 Å². The molecule has 7 heteroatoms. The van der Waals surface area contributed by atoms with E-state index in [2.05, 4.69) is 10.3 Å². The second-order valence-electron chi connectivity index (χ2n) is 5.39. The number of amides is 3. The summed E-state index contributed by atoms with van der Waals surface area (Å²) in [6.07, 6.45) is 1.72. The Morgan fingerprint density at radius 2 is 1.96 bits per heavy atom. The Kier molecular flexibility index (Phi) is 3.96. The van der Waals surface area contributed by atoms with Crippen molar-refractivity contribution in [1.29, 1.82) is 0 Å². The fourth-order valence-electron chi connectivity index (χ4n) is 2.42. The number of thiazole rings is 1. The first-order chi connectivity index (χ1) is 11.0. The molecular weight excluding hydrogens is 314 g/mol. The zero-order valence-electron chi connectivity index (χ0n) is 12.8. The molecule has 0 bridgehead atoms. The van der Waals surface area contributed by atoms with Crippen LogP contribution in [-0.2, 0) is 4.79 Å². The number of nitrogens with one attached hydrogen (secondary N) is 1. The average molecular weight is 329 g/mol. The minimum Gasteiger partial charge on any atom is -0.302 e. The number of nitrogens with zero attached hydrogens (tertiary/aromatic N) is 2. The minimum absolute atomic E-state index is 0.0447. The largest absolute Gasteiger partial charge is 0.302 e. The summed E-state index contributed by atoms with van der Waals surface area (Å²) < 4.78 is 0. The van der Waals surface area contributed by atoms with Gasteiger partial charge in [0.05, 0.1) is 11.1 Å². The summed E-state index contributed by atoms with van der Waals surface area (Å²) in [6.45, 7) is 3.82. The van der Waals surface area contributed by atoms with E-state index in [1.54, 1.807) is 24.4 Å². The molecule has 0 atom stereocenters. The number of hydrogen-bond acceptors (Lipinski definition) is 5. The molecule has 0 saturated heterocycles. The monoisotopic (exact) mass is 329 g/mol. The number of anilines is 1. The van der Waals surface area contributed by atoms with Crippen molar-refractivity contribution < 1.29 is 14.4 Å². The molecular formula is C16H15N3O3S. The van der Waals surface area contributed by atoms with Gasteiger partial charge in [-0.3, -0.25) is 19.3 Å². The molecule has 1 aliphatic rings. The van der Waals surface area contributed by atoms with Crippen LogP contribution in [0.15, 0.2) is 24.4 Å². The first-order valence-electron chi connectivity index (χ1n) is 7.15. The minimum atomic E-state index is -0.345. The van der Waals surface area contributed by atoms with E-state index in [1.165, 1.54) is 11.3 Å². The van der Waals surface area contributed by atoms with Gasteiger partial charge in [-0.15, -0.1) is 11.3 Å². The van der Waals surface area contributed by atoms with Crippen LogP contribution in [0.4, 0.5) is 5.13 Å². The summed E-state index contributed by atoms with van der Waals surface area (Å²) in [5, 5.41) is 3.18. The molecule has 0 aliphatic carbocycles. The maximum atomic E-state index is 12.3. The fraction of sp³-hybridized carbons (Fsp3) is 0.250. The Morgan fingerprint density at radius 1 is 1.22 bits per heavy atom. The summed E-state index contributed by atoms with van der Waals surface area (Å²) in [4.78, 5) is 42.6. The molecule has 3 amide bonds. The Hall–Kier alpha value is -2.54. The molecule has 1 aliphatic heterocycles. The second-order valence-corrected chi connectivity index (χ2v) is 6.62. The predicted octanol–water partition coefficient (Wildman–Crippen LogP) is 2.38. The van der Waals surface area contributed by atoms with Crippen molar-refractivity contribution in [2.45, 2.75) is 20.3 Å². The molecule has 23 heavy (non-hydrogen) atoms. The number of carbonyl (C=O) groups is 3. The molecule has 1 N–H and O–H groups in total. The van der Waals surface area contributed by atoms with Crippen LogP contribution >= 0.6 is 11.3 Å². The lowest BCUT2D eigenvalue weighted by atomic mass is 10.1. The number of fused-ring (bicyclic) bond motifs is 1. The average Bonchev–Trinajstić information content (AvgIpc) is 3.00. The molecule has 0 radical (unpaired) electrons. The lowest BCUT2D eigenvalue weighted by Crippen LogP contribution is -2.32. The second kappa shape index (κ2) is 5.92. The van der Waals surface area contributed by atoms with Crippen LogP contribution in [0.3, 0.4) is 0 Å². The van der Waals surface area contributed by atoms with Gasteiger partial charge >= 0.3 is 0 Å². The van der Waals surface area contributed by atoms with Crippen molar-refractivity contribution in [1.82, 2.24) is 9.88 Å². The van der Waals surface area contributed by atoms with Gasteiger partial charge in [-0.25, -0.2) is 4.98 Å². The van der Waals surface area contributed by atoms with E-state index < -0.39 is 0 Å². The highest BCUT2D eigenvalue weighted by Crippen LogP contribution is 2.24. The van der Waals surface area contributed by atoms with E-state index in [1.807, 2.05) is 13.8 Å². The third-order valence-corrected chi connectivity index (χ3v) is 4.38. The van der Waals surface area contributed by atoms with Crippen molar-refractivity contribution in [2.75, 3.05) is 11.9 Å². The molecule has 1 aromatic carbocycles. The Morgan fingerprint density at radius 3 is 2.65 bits per heavy atom. The van der Waals surface area contributed by atoms with E-state index in [4.69, 9.17) is 0 Å². The van der Waals surface area contributed by atoms with Gasteiger partial charge in [0.1, 0.15) is 0 Å². The Bertz CT molecular complexity index is 813. The summed E-state index contributed by atoms with van der Waals surface area (Å²) in [5.74, 6) is -0.957. The van der Waals surface area contributed by atoms with Crippen molar-refractivity contribution in [3.8, 4) is 0 Å². The summed E-state index contributed by atoms with van der Waals surface area (Å²) in [7, 11) is 0. The molecule has 0 saturated carbocycles. The van der Waals surface area contributed by atoms with Crippen LogP contribution in [0.1, 0.15) is 37.6 Å². The quantitative estimate of drug-likeness (QED) is 0.874. The highest BCUT2D eigenvalue weighted by Gasteiger charge is 2.35. The Labute approximate surface area is 137 Å². The van der Waals surface area contributed by atoms with Crippen LogP contribution < -0.4 is 5.32 Å². The number of aryl methyl sites for hydroxylation is 2. The highest BCUT2D eigenvalue weighted by molar-refractivity contribution is 7.15. The number of imide groups is 1. The zero-order valence-corrected chi connectivity index (χ0v) is 13.6. The van der Waals surface area contributed by atoms with Crippen LogP contribution in [0.25, 0.3) is 0 Å². The third kappa shape index (κ3) is 3.00. The molecule has 0 fully saturated rings. The van der Waals surface area contributed by atoms with Gasteiger partial charge in [0, 0.05) is 24.0 Å². The Balaban J connectivity index is 1.64. The smallest absolute Gasteiger partial charge is 0.261 e. The van der Waals surface area contributed by atoms with E-state index in [-0.39, 0.29) is 30.7 Å². The molecule has 0 spiro atoms. The maximum absolute atomic E-state index is 12.3. The van der Waals surface area contributed by atoms with Gasteiger partial charge < -0.3 is 5.32 Å².